The summed E-state index contributed by atoms with van der Waals surface area (Å²) in [4.78, 5) is 4.93. The van der Waals surface area contributed by atoms with Crippen LogP contribution in [0, 0.1) is 0 Å². The molecule has 0 atom stereocenters. The van der Waals surface area contributed by atoms with Gasteiger partial charge in [0.05, 0.1) is 5.82 Å². The number of halogens is 1. The number of hydrogen-bond acceptors (Lipinski definition) is 4. The van der Waals surface area contributed by atoms with Crippen molar-refractivity contribution < 1.29 is 0 Å². The number of benzene rings is 2. The molecule has 1 fully saturated rings. The topological polar surface area (TPSA) is 30.5 Å². The second-order valence-corrected chi connectivity index (χ2v) is 10.2. The van der Waals surface area contributed by atoms with Gasteiger partial charge in [0.25, 0.3) is 0 Å². The molecule has 0 bridgehead atoms. The lowest BCUT2D eigenvalue weighted by Crippen LogP contribution is -2.43. The minimum atomic E-state index is 0.0401. The molecule has 2 aromatic carbocycles. The zero-order valence-corrected chi connectivity index (χ0v) is 20.5. The highest BCUT2D eigenvalue weighted by Crippen LogP contribution is 2.50. The van der Waals surface area contributed by atoms with E-state index in [1.165, 1.54) is 40.9 Å². The summed E-state index contributed by atoms with van der Waals surface area (Å²) in [6.45, 7) is 12.9. The zero-order chi connectivity index (χ0) is 23.0. The van der Waals surface area contributed by atoms with E-state index in [4.69, 9.17) is 11.6 Å². The van der Waals surface area contributed by atoms with Gasteiger partial charge in [-0.25, -0.2) is 0 Å². The van der Waals surface area contributed by atoms with E-state index in [0.29, 0.717) is 0 Å². The highest BCUT2D eigenvalue weighted by atomic mass is 35.5. The summed E-state index contributed by atoms with van der Waals surface area (Å²) in [5, 5.41) is 7.53. The summed E-state index contributed by atoms with van der Waals surface area (Å²) in [6, 6.07) is 13.2. The van der Waals surface area contributed by atoms with Gasteiger partial charge in [-0.05, 0) is 99.1 Å². The Balaban J connectivity index is 1.17. The van der Waals surface area contributed by atoms with Gasteiger partial charge in [-0.1, -0.05) is 36.9 Å². The minimum Gasteiger partial charge on any atom is -0.375 e. The van der Waals surface area contributed by atoms with Gasteiger partial charge in [0, 0.05) is 41.1 Å². The highest BCUT2D eigenvalue weighted by molar-refractivity contribution is 6.30. The lowest BCUT2D eigenvalue weighted by atomic mass is 9.72. The van der Waals surface area contributed by atoms with Gasteiger partial charge in [-0.15, -0.1) is 0 Å². The summed E-state index contributed by atoms with van der Waals surface area (Å²) in [7, 11) is 1.94. The normalized spacial score (nSPS) is 19.2. The molecule has 3 heterocycles. The van der Waals surface area contributed by atoms with Crippen LogP contribution in [0.2, 0.25) is 5.02 Å². The van der Waals surface area contributed by atoms with Crippen molar-refractivity contribution in [2.75, 3.05) is 43.4 Å². The molecule has 1 saturated heterocycles. The van der Waals surface area contributed by atoms with Crippen LogP contribution >= 0.6 is 11.6 Å². The number of nitrogens with one attached hydrogen (secondary N) is 2. The van der Waals surface area contributed by atoms with Crippen LogP contribution in [0.5, 0.6) is 0 Å². The first-order valence-corrected chi connectivity index (χ1v) is 12.6. The number of hydrogen-bond donors (Lipinski definition) is 2. The third-order valence-electron chi connectivity index (χ3n) is 7.89. The summed E-state index contributed by atoms with van der Waals surface area (Å²) >= 11 is 6.33. The number of fused-ring (bicyclic) bond motifs is 3. The Kier molecular flexibility index (Phi) is 6.15. The van der Waals surface area contributed by atoms with Crippen LogP contribution in [0.15, 0.2) is 61.1 Å². The van der Waals surface area contributed by atoms with E-state index in [2.05, 4.69) is 63.9 Å². The zero-order valence-electron chi connectivity index (χ0n) is 19.7. The molecule has 0 unspecified atom stereocenters. The van der Waals surface area contributed by atoms with Gasteiger partial charge in [0.15, 0.2) is 0 Å². The number of allylic oxidation sites excluding steroid dienone is 1. The van der Waals surface area contributed by atoms with Crippen molar-refractivity contribution in [2.45, 2.75) is 43.9 Å². The van der Waals surface area contributed by atoms with E-state index in [1.54, 1.807) is 0 Å². The second kappa shape index (κ2) is 9.08. The molecular weight excluding hydrogens is 428 g/mol. The van der Waals surface area contributed by atoms with Crippen LogP contribution in [0.25, 0.3) is 0 Å². The standard InChI is InChI=1S/C28H35ClN4/c1-20-28(25-19-24(29)9-10-26(25)31-20)12-16-32(17-13-28)14-4-6-22-8-11-27-23(18-22)7-5-15-33(27)21(2)30-3/h8-11,18-19,30-31H,1-2,4-7,12-17H2,3H3. The van der Waals surface area contributed by atoms with Crippen LogP contribution in [-0.4, -0.2) is 38.1 Å². The van der Waals surface area contributed by atoms with E-state index in [9.17, 15) is 0 Å². The summed E-state index contributed by atoms with van der Waals surface area (Å²) in [5.74, 6) is 0.983. The first-order chi connectivity index (χ1) is 16.0. The fourth-order valence-corrected chi connectivity index (χ4v) is 6.10. The van der Waals surface area contributed by atoms with Crippen LogP contribution in [0.3, 0.4) is 0 Å². The van der Waals surface area contributed by atoms with E-state index >= 15 is 0 Å². The van der Waals surface area contributed by atoms with Gasteiger partial charge >= 0.3 is 0 Å². The van der Waals surface area contributed by atoms with Crippen molar-refractivity contribution >= 4 is 23.0 Å². The third-order valence-corrected chi connectivity index (χ3v) is 8.12. The molecule has 0 saturated carbocycles. The van der Waals surface area contributed by atoms with E-state index in [1.807, 2.05) is 13.1 Å². The molecule has 0 aliphatic carbocycles. The number of aryl methyl sites for hydroxylation is 2. The second-order valence-electron chi connectivity index (χ2n) is 9.74. The molecule has 0 aromatic heterocycles. The maximum atomic E-state index is 6.33. The Morgan fingerprint density at radius 1 is 1.15 bits per heavy atom. The van der Waals surface area contributed by atoms with Gasteiger partial charge in [0.1, 0.15) is 0 Å². The van der Waals surface area contributed by atoms with Gasteiger partial charge in [-0.2, -0.15) is 0 Å². The van der Waals surface area contributed by atoms with Crippen LogP contribution in [0.4, 0.5) is 11.4 Å². The molecule has 174 valence electrons. The molecule has 2 aromatic rings. The molecule has 2 N–H and O–H groups in total. The third kappa shape index (κ3) is 4.15. The first kappa shape index (κ1) is 22.4. The molecule has 5 rings (SSSR count). The minimum absolute atomic E-state index is 0.0401. The number of rotatable bonds is 6. The van der Waals surface area contributed by atoms with Crippen molar-refractivity contribution in [3.8, 4) is 0 Å². The highest BCUT2D eigenvalue weighted by Gasteiger charge is 2.44. The van der Waals surface area contributed by atoms with Crippen LogP contribution < -0.4 is 15.5 Å². The van der Waals surface area contributed by atoms with E-state index in [-0.39, 0.29) is 5.41 Å². The summed E-state index contributed by atoms with van der Waals surface area (Å²) in [6.07, 6.45) is 6.89. The maximum absolute atomic E-state index is 6.33. The van der Waals surface area contributed by atoms with E-state index < -0.39 is 0 Å². The molecular formula is C28H35ClN4. The maximum Gasteiger partial charge on any atom is 0.0981 e. The number of likely N-dealkylation sites (tertiary alicyclic amines) is 1. The molecule has 4 nitrogen and oxygen atoms in total. The molecule has 0 amide bonds. The van der Waals surface area contributed by atoms with Crippen molar-refractivity contribution in [3.05, 3.63) is 82.8 Å². The SMILES string of the molecule is C=C(NC)N1CCCc2cc(CCCN3CCC4(CC3)C(=C)Nc3ccc(Cl)cc34)ccc21. The lowest BCUT2D eigenvalue weighted by molar-refractivity contribution is 0.179. The Labute approximate surface area is 203 Å². The van der Waals surface area contributed by atoms with Crippen molar-refractivity contribution in [1.82, 2.24) is 10.2 Å². The molecule has 5 heteroatoms. The Morgan fingerprint density at radius 2 is 1.97 bits per heavy atom. The predicted octanol–water partition coefficient (Wildman–Crippen LogP) is 5.69. The lowest BCUT2D eigenvalue weighted by Gasteiger charge is -2.40. The number of anilines is 2. The predicted molar refractivity (Wildman–Crippen MR) is 140 cm³/mol. The summed E-state index contributed by atoms with van der Waals surface area (Å²) < 4.78 is 0. The fraction of sp³-hybridized carbons (Fsp3) is 0.429. The van der Waals surface area contributed by atoms with Crippen molar-refractivity contribution in [2.24, 2.45) is 0 Å². The molecule has 3 aliphatic heterocycles. The van der Waals surface area contributed by atoms with Crippen LogP contribution in [0.1, 0.15) is 42.4 Å². The molecule has 33 heavy (non-hydrogen) atoms. The molecule has 1 spiro atoms. The largest absolute Gasteiger partial charge is 0.375 e. The average Bonchev–Trinajstić information content (AvgIpc) is 3.09. The number of piperidine rings is 1. The number of nitrogens with zero attached hydrogens (tertiary/aromatic N) is 2. The van der Waals surface area contributed by atoms with E-state index in [0.717, 1.165) is 68.4 Å². The molecule has 0 radical (unpaired) electrons. The average molecular weight is 463 g/mol. The smallest absolute Gasteiger partial charge is 0.0981 e. The Hall–Kier alpha value is -2.43. The monoisotopic (exact) mass is 462 g/mol. The van der Waals surface area contributed by atoms with Crippen molar-refractivity contribution in [3.63, 3.8) is 0 Å². The summed E-state index contributed by atoms with van der Waals surface area (Å²) in [5.41, 5.74) is 7.93. The Morgan fingerprint density at radius 3 is 2.76 bits per heavy atom. The Bertz CT molecular complexity index is 1070. The van der Waals surface area contributed by atoms with Gasteiger partial charge in [-0.3, -0.25) is 0 Å². The fourth-order valence-electron chi connectivity index (χ4n) is 5.92. The first-order valence-electron chi connectivity index (χ1n) is 12.2. The van der Waals surface area contributed by atoms with Gasteiger partial charge in [0.2, 0.25) is 0 Å². The quantitative estimate of drug-likeness (QED) is 0.577. The van der Waals surface area contributed by atoms with Gasteiger partial charge < -0.3 is 20.4 Å². The molecule has 3 aliphatic rings. The van der Waals surface area contributed by atoms with Crippen molar-refractivity contribution in [1.29, 1.82) is 0 Å². The van der Waals surface area contributed by atoms with Crippen LogP contribution in [-0.2, 0) is 18.3 Å².